The lowest BCUT2D eigenvalue weighted by molar-refractivity contribution is 0.401. The molecule has 2 aromatic rings. The summed E-state index contributed by atoms with van der Waals surface area (Å²) in [5, 5.41) is -0.190. The van der Waals surface area contributed by atoms with Gasteiger partial charge in [-0.25, -0.2) is 9.97 Å². The van der Waals surface area contributed by atoms with Crippen molar-refractivity contribution in [1.29, 1.82) is 0 Å². The van der Waals surface area contributed by atoms with Crippen molar-refractivity contribution in [3.05, 3.63) is 12.2 Å². The van der Waals surface area contributed by atoms with E-state index in [0.29, 0.717) is 11.4 Å². The standard InChI is InChI=1S/C14H21ClN4OS/c1-5-21-7-6-9(2)19-12(10(3)15)18-11-13(19)16-8-17-14(11)20-4/h8-10H,5-7H2,1-4H3. The second-order valence-electron chi connectivity index (χ2n) is 4.85. The summed E-state index contributed by atoms with van der Waals surface area (Å²) in [6, 6.07) is 0.282. The summed E-state index contributed by atoms with van der Waals surface area (Å²) in [6.07, 6.45) is 2.56. The SMILES string of the molecule is CCSCCC(C)n1c(C(C)Cl)nc2c(OC)ncnc21. The highest BCUT2D eigenvalue weighted by Crippen LogP contribution is 2.31. The molecule has 0 aliphatic carbocycles. The van der Waals surface area contributed by atoms with Gasteiger partial charge in [-0.05, 0) is 31.8 Å². The van der Waals surface area contributed by atoms with Crippen molar-refractivity contribution in [2.75, 3.05) is 18.6 Å². The number of alkyl halides is 1. The third-order valence-corrected chi connectivity index (χ3v) is 4.47. The number of hydrogen-bond acceptors (Lipinski definition) is 5. The van der Waals surface area contributed by atoms with E-state index < -0.39 is 0 Å². The van der Waals surface area contributed by atoms with Gasteiger partial charge in [-0.2, -0.15) is 16.7 Å². The van der Waals surface area contributed by atoms with Crippen molar-refractivity contribution in [3.63, 3.8) is 0 Å². The molecule has 0 aliphatic rings. The molecule has 0 aliphatic heterocycles. The summed E-state index contributed by atoms with van der Waals surface area (Å²) >= 11 is 8.24. The number of aromatic nitrogens is 4. The highest BCUT2D eigenvalue weighted by Gasteiger charge is 2.22. The first-order valence-corrected chi connectivity index (χ1v) is 8.67. The smallest absolute Gasteiger partial charge is 0.245 e. The summed E-state index contributed by atoms with van der Waals surface area (Å²) in [7, 11) is 1.59. The van der Waals surface area contributed by atoms with Gasteiger partial charge in [0.2, 0.25) is 5.88 Å². The van der Waals surface area contributed by atoms with Crippen LogP contribution in [-0.4, -0.2) is 38.1 Å². The first kappa shape index (κ1) is 16.4. The molecule has 2 unspecified atom stereocenters. The molecule has 0 bridgehead atoms. The second kappa shape index (κ2) is 7.31. The van der Waals surface area contributed by atoms with E-state index in [1.165, 1.54) is 6.33 Å². The van der Waals surface area contributed by atoms with Crippen LogP contribution in [0.15, 0.2) is 6.33 Å². The van der Waals surface area contributed by atoms with Crippen LogP contribution in [0.5, 0.6) is 5.88 Å². The molecular formula is C14H21ClN4OS. The van der Waals surface area contributed by atoms with Crippen LogP contribution in [0.3, 0.4) is 0 Å². The maximum atomic E-state index is 6.30. The maximum Gasteiger partial charge on any atom is 0.245 e. The number of halogens is 1. The van der Waals surface area contributed by atoms with E-state index >= 15 is 0 Å². The van der Waals surface area contributed by atoms with Gasteiger partial charge in [-0.1, -0.05) is 6.92 Å². The molecule has 0 amide bonds. The van der Waals surface area contributed by atoms with Crippen LogP contribution in [-0.2, 0) is 0 Å². The molecule has 116 valence electrons. The zero-order valence-corrected chi connectivity index (χ0v) is 14.4. The Morgan fingerprint density at radius 3 is 2.76 bits per heavy atom. The topological polar surface area (TPSA) is 52.8 Å². The van der Waals surface area contributed by atoms with Gasteiger partial charge < -0.3 is 9.30 Å². The van der Waals surface area contributed by atoms with Crippen LogP contribution in [0.2, 0.25) is 0 Å². The Morgan fingerprint density at radius 2 is 2.14 bits per heavy atom. The Bertz CT molecular complexity index is 602. The zero-order chi connectivity index (χ0) is 15.4. The lowest BCUT2D eigenvalue weighted by atomic mass is 10.2. The molecule has 0 fully saturated rings. The van der Waals surface area contributed by atoms with E-state index in [0.717, 1.165) is 29.4 Å². The first-order chi connectivity index (χ1) is 10.1. The fraction of sp³-hybridized carbons (Fsp3) is 0.643. The highest BCUT2D eigenvalue weighted by molar-refractivity contribution is 7.99. The minimum Gasteiger partial charge on any atom is -0.479 e. The Labute approximate surface area is 134 Å². The molecule has 2 atom stereocenters. The number of nitrogens with zero attached hydrogens (tertiary/aromatic N) is 4. The fourth-order valence-electron chi connectivity index (χ4n) is 2.30. The van der Waals surface area contributed by atoms with Gasteiger partial charge in [-0.3, -0.25) is 0 Å². The zero-order valence-electron chi connectivity index (χ0n) is 12.8. The Balaban J connectivity index is 2.46. The van der Waals surface area contributed by atoms with Gasteiger partial charge in [0.1, 0.15) is 12.2 Å². The van der Waals surface area contributed by atoms with Crippen LogP contribution in [0.4, 0.5) is 0 Å². The molecule has 0 saturated heterocycles. The average molecular weight is 329 g/mol. The summed E-state index contributed by atoms with van der Waals surface area (Å²) in [5.41, 5.74) is 1.47. The fourth-order valence-corrected chi connectivity index (χ4v) is 3.25. The summed E-state index contributed by atoms with van der Waals surface area (Å²) in [6.45, 7) is 6.27. The largest absolute Gasteiger partial charge is 0.479 e. The third-order valence-electron chi connectivity index (χ3n) is 3.34. The van der Waals surface area contributed by atoms with E-state index in [-0.39, 0.29) is 11.4 Å². The summed E-state index contributed by atoms with van der Waals surface area (Å²) in [5.74, 6) is 3.55. The van der Waals surface area contributed by atoms with E-state index in [4.69, 9.17) is 16.3 Å². The molecule has 21 heavy (non-hydrogen) atoms. The monoisotopic (exact) mass is 328 g/mol. The lowest BCUT2D eigenvalue weighted by Gasteiger charge is -2.17. The van der Waals surface area contributed by atoms with Crippen LogP contribution in [0, 0.1) is 0 Å². The lowest BCUT2D eigenvalue weighted by Crippen LogP contribution is -2.11. The number of ether oxygens (including phenoxy) is 1. The molecule has 2 aromatic heterocycles. The number of hydrogen-bond donors (Lipinski definition) is 0. The van der Waals surface area contributed by atoms with Gasteiger partial charge in [-0.15, -0.1) is 11.6 Å². The molecule has 0 saturated carbocycles. The summed E-state index contributed by atoms with van der Waals surface area (Å²) < 4.78 is 7.40. The van der Waals surface area contributed by atoms with Crippen molar-refractivity contribution in [3.8, 4) is 5.88 Å². The molecule has 7 heteroatoms. The van der Waals surface area contributed by atoms with Crippen molar-refractivity contribution in [2.24, 2.45) is 0 Å². The average Bonchev–Trinajstić information content (AvgIpc) is 2.87. The van der Waals surface area contributed by atoms with Crippen LogP contribution < -0.4 is 4.74 Å². The predicted octanol–water partition coefficient (Wildman–Crippen LogP) is 3.84. The van der Waals surface area contributed by atoms with E-state index in [2.05, 4.69) is 33.4 Å². The molecule has 5 nitrogen and oxygen atoms in total. The molecule has 0 aromatic carbocycles. The third kappa shape index (κ3) is 3.43. The Morgan fingerprint density at radius 1 is 1.38 bits per heavy atom. The van der Waals surface area contributed by atoms with Crippen LogP contribution >= 0.6 is 23.4 Å². The Kier molecular flexibility index (Phi) is 5.70. The predicted molar refractivity (Wildman–Crippen MR) is 88.5 cm³/mol. The van der Waals surface area contributed by atoms with Crippen molar-refractivity contribution in [1.82, 2.24) is 19.5 Å². The maximum absolute atomic E-state index is 6.30. The van der Waals surface area contributed by atoms with E-state index in [1.807, 2.05) is 18.7 Å². The molecule has 0 spiro atoms. The van der Waals surface area contributed by atoms with Gasteiger partial charge >= 0.3 is 0 Å². The second-order valence-corrected chi connectivity index (χ2v) is 6.89. The van der Waals surface area contributed by atoms with E-state index in [1.54, 1.807) is 7.11 Å². The molecule has 2 rings (SSSR count). The molecule has 2 heterocycles. The van der Waals surface area contributed by atoms with Crippen molar-refractivity contribution >= 4 is 34.5 Å². The summed E-state index contributed by atoms with van der Waals surface area (Å²) in [4.78, 5) is 13.1. The van der Waals surface area contributed by atoms with Crippen LogP contribution in [0.25, 0.3) is 11.2 Å². The van der Waals surface area contributed by atoms with Crippen LogP contribution in [0.1, 0.15) is 44.4 Å². The normalized spacial score (nSPS) is 14.3. The quantitative estimate of drug-likeness (QED) is 0.571. The van der Waals surface area contributed by atoms with Crippen molar-refractivity contribution < 1.29 is 4.74 Å². The first-order valence-electron chi connectivity index (χ1n) is 7.08. The van der Waals surface area contributed by atoms with Gasteiger partial charge in [0.25, 0.3) is 0 Å². The van der Waals surface area contributed by atoms with Gasteiger partial charge in [0, 0.05) is 6.04 Å². The minimum atomic E-state index is -0.190. The minimum absolute atomic E-state index is 0.190. The highest BCUT2D eigenvalue weighted by atomic mass is 35.5. The number of fused-ring (bicyclic) bond motifs is 1. The van der Waals surface area contributed by atoms with Crippen molar-refractivity contribution in [2.45, 2.75) is 38.6 Å². The Hall–Kier alpha value is -1.01. The number of imidazole rings is 1. The van der Waals surface area contributed by atoms with Gasteiger partial charge in [0.15, 0.2) is 11.2 Å². The van der Waals surface area contributed by atoms with E-state index in [9.17, 15) is 0 Å². The molecular weight excluding hydrogens is 308 g/mol. The number of rotatable bonds is 7. The van der Waals surface area contributed by atoms with Gasteiger partial charge in [0.05, 0.1) is 12.5 Å². The molecule has 0 N–H and O–H groups in total. The molecule has 0 radical (unpaired) electrons. The number of methoxy groups -OCH3 is 1. The number of thioether (sulfide) groups is 1.